The normalized spacial score (nSPS) is 12.2. The standard InChI is InChI=1S/C10H18N2O2/c1-4-6-12(3)9(2)8-10(14)11-5-7-13/h4,7,9H,1,5-6,8H2,2-3H3,(H,11,14). The highest BCUT2D eigenvalue weighted by molar-refractivity contribution is 5.78. The van der Waals surface area contributed by atoms with E-state index in [9.17, 15) is 9.59 Å². The Morgan fingerprint density at radius 2 is 2.29 bits per heavy atom. The van der Waals surface area contributed by atoms with Crippen molar-refractivity contribution in [2.75, 3.05) is 20.1 Å². The summed E-state index contributed by atoms with van der Waals surface area (Å²) in [4.78, 5) is 23.2. The number of rotatable bonds is 7. The quantitative estimate of drug-likeness (QED) is 0.469. The topological polar surface area (TPSA) is 49.4 Å². The summed E-state index contributed by atoms with van der Waals surface area (Å²) in [5.74, 6) is -0.0967. The Kier molecular flexibility index (Phi) is 6.66. The van der Waals surface area contributed by atoms with Gasteiger partial charge < -0.3 is 10.1 Å². The lowest BCUT2D eigenvalue weighted by Crippen LogP contribution is -2.35. The van der Waals surface area contributed by atoms with E-state index in [1.165, 1.54) is 0 Å². The van der Waals surface area contributed by atoms with Gasteiger partial charge in [-0.3, -0.25) is 9.69 Å². The first kappa shape index (κ1) is 12.8. The minimum atomic E-state index is -0.0967. The highest BCUT2D eigenvalue weighted by atomic mass is 16.2. The average Bonchev–Trinajstić information content (AvgIpc) is 2.15. The van der Waals surface area contributed by atoms with Crippen molar-refractivity contribution in [3.63, 3.8) is 0 Å². The number of nitrogens with zero attached hydrogens (tertiary/aromatic N) is 1. The SMILES string of the molecule is C=CCN(C)C(C)CC(=O)NCC=O. The van der Waals surface area contributed by atoms with E-state index in [2.05, 4.69) is 11.9 Å². The molecule has 0 aliphatic carbocycles. The third kappa shape index (κ3) is 5.48. The Morgan fingerprint density at radius 3 is 2.79 bits per heavy atom. The van der Waals surface area contributed by atoms with Gasteiger partial charge in [0.05, 0.1) is 6.54 Å². The van der Waals surface area contributed by atoms with E-state index in [0.717, 1.165) is 6.54 Å². The predicted octanol–water partition coefficient (Wildman–Crippen LogP) is 0.198. The third-order valence-electron chi connectivity index (χ3n) is 2.03. The van der Waals surface area contributed by atoms with E-state index >= 15 is 0 Å². The monoisotopic (exact) mass is 198 g/mol. The molecule has 0 rings (SSSR count). The van der Waals surface area contributed by atoms with Gasteiger partial charge in [0.2, 0.25) is 5.91 Å². The van der Waals surface area contributed by atoms with Crippen LogP contribution >= 0.6 is 0 Å². The van der Waals surface area contributed by atoms with Gasteiger partial charge >= 0.3 is 0 Å². The van der Waals surface area contributed by atoms with Crippen LogP contribution in [0.25, 0.3) is 0 Å². The van der Waals surface area contributed by atoms with Crippen LogP contribution in [-0.2, 0) is 9.59 Å². The molecule has 0 fully saturated rings. The summed E-state index contributed by atoms with van der Waals surface area (Å²) in [7, 11) is 1.93. The molecule has 0 aromatic carbocycles. The molecule has 1 N–H and O–H groups in total. The van der Waals surface area contributed by atoms with E-state index in [4.69, 9.17) is 0 Å². The molecule has 0 spiro atoms. The van der Waals surface area contributed by atoms with Crippen LogP contribution in [0.4, 0.5) is 0 Å². The molecule has 80 valence electrons. The number of likely N-dealkylation sites (N-methyl/N-ethyl adjacent to an activating group) is 1. The molecule has 1 amide bonds. The van der Waals surface area contributed by atoms with Gasteiger partial charge in [-0.15, -0.1) is 6.58 Å². The van der Waals surface area contributed by atoms with Crippen LogP contribution in [0.3, 0.4) is 0 Å². The second-order valence-electron chi connectivity index (χ2n) is 3.25. The van der Waals surface area contributed by atoms with Crippen LogP contribution < -0.4 is 5.32 Å². The van der Waals surface area contributed by atoms with Crippen molar-refractivity contribution in [2.24, 2.45) is 0 Å². The summed E-state index contributed by atoms with van der Waals surface area (Å²) in [6.45, 7) is 6.43. The van der Waals surface area contributed by atoms with Gasteiger partial charge in [-0.2, -0.15) is 0 Å². The summed E-state index contributed by atoms with van der Waals surface area (Å²) in [5.41, 5.74) is 0. The zero-order valence-corrected chi connectivity index (χ0v) is 8.82. The smallest absolute Gasteiger partial charge is 0.221 e. The Bertz CT molecular complexity index is 204. The van der Waals surface area contributed by atoms with E-state index < -0.39 is 0 Å². The van der Waals surface area contributed by atoms with Gasteiger partial charge in [-0.25, -0.2) is 0 Å². The number of carbonyl (C=O) groups excluding carboxylic acids is 2. The maximum absolute atomic E-state index is 11.2. The maximum atomic E-state index is 11.2. The fraction of sp³-hybridized carbons (Fsp3) is 0.600. The molecule has 1 unspecified atom stereocenters. The van der Waals surface area contributed by atoms with Crippen molar-refractivity contribution >= 4 is 12.2 Å². The van der Waals surface area contributed by atoms with Gasteiger partial charge in [0.15, 0.2) is 0 Å². The van der Waals surface area contributed by atoms with Gasteiger partial charge in [-0.1, -0.05) is 6.08 Å². The molecular formula is C10H18N2O2. The van der Waals surface area contributed by atoms with Crippen molar-refractivity contribution in [1.82, 2.24) is 10.2 Å². The number of amides is 1. The Hall–Kier alpha value is -1.16. The maximum Gasteiger partial charge on any atom is 0.221 e. The average molecular weight is 198 g/mol. The fourth-order valence-electron chi connectivity index (χ4n) is 1.04. The number of aldehydes is 1. The molecule has 0 radical (unpaired) electrons. The zero-order chi connectivity index (χ0) is 11.0. The van der Waals surface area contributed by atoms with Crippen molar-refractivity contribution in [1.29, 1.82) is 0 Å². The minimum Gasteiger partial charge on any atom is -0.349 e. The predicted molar refractivity (Wildman–Crippen MR) is 56.0 cm³/mol. The second kappa shape index (κ2) is 7.26. The van der Waals surface area contributed by atoms with Crippen LogP contribution in [0.5, 0.6) is 0 Å². The van der Waals surface area contributed by atoms with Crippen molar-refractivity contribution in [3.8, 4) is 0 Å². The van der Waals surface area contributed by atoms with Gasteiger partial charge in [0, 0.05) is 19.0 Å². The van der Waals surface area contributed by atoms with Crippen LogP contribution in [-0.4, -0.2) is 43.3 Å². The molecule has 4 nitrogen and oxygen atoms in total. The molecular weight excluding hydrogens is 180 g/mol. The van der Waals surface area contributed by atoms with Crippen LogP contribution in [0.1, 0.15) is 13.3 Å². The fourth-order valence-corrected chi connectivity index (χ4v) is 1.04. The lowest BCUT2D eigenvalue weighted by atomic mass is 10.2. The zero-order valence-electron chi connectivity index (χ0n) is 8.82. The Balaban J connectivity index is 3.79. The Labute approximate surface area is 85.0 Å². The molecule has 0 heterocycles. The summed E-state index contributed by atoms with van der Waals surface area (Å²) < 4.78 is 0. The highest BCUT2D eigenvalue weighted by Crippen LogP contribution is 2.00. The Morgan fingerprint density at radius 1 is 1.64 bits per heavy atom. The molecule has 0 saturated heterocycles. The van der Waals surface area contributed by atoms with Crippen LogP contribution in [0.15, 0.2) is 12.7 Å². The summed E-state index contributed by atoms with van der Waals surface area (Å²) >= 11 is 0. The molecule has 0 aliphatic rings. The summed E-state index contributed by atoms with van der Waals surface area (Å²) in [6, 6.07) is 0.152. The molecule has 4 heteroatoms. The molecule has 1 atom stereocenters. The summed E-state index contributed by atoms with van der Waals surface area (Å²) in [6.07, 6.45) is 2.87. The van der Waals surface area contributed by atoms with Gasteiger partial charge in [-0.05, 0) is 14.0 Å². The van der Waals surface area contributed by atoms with Crippen LogP contribution in [0.2, 0.25) is 0 Å². The third-order valence-corrected chi connectivity index (χ3v) is 2.03. The number of hydrogen-bond donors (Lipinski definition) is 1. The molecule has 0 bridgehead atoms. The molecule has 0 aromatic rings. The first-order chi connectivity index (χ1) is 6.61. The second-order valence-corrected chi connectivity index (χ2v) is 3.25. The van der Waals surface area contributed by atoms with E-state index in [1.54, 1.807) is 6.08 Å². The summed E-state index contributed by atoms with van der Waals surface area (Å²) in [5, 5.41) is 2.50. The first-order valence-electron chi connectivity index (χ1n) is 4.63. The number of carbonyl (C=O) groups is 2. The van der Waals surface area contributed by atoms with Crippen molar-refractivity contribution in [2.45, 2.75) is 19.4 Å². The number of hydrogen-bond acceptors (Lipinski definition) is 3. The van der Waals surface area contributed by atoms with Crippen LogP contribution in [0, 0.1) is 0 Å². The first-order valence-corrected chi connectivity index (χ1v) is 4.63. The molecule has 14 heavy (non-hydrogen) atoms. The lowest BCUT2D eigenvalue weighted by molar-refractivity contribution is -0.123. The minimum absolute atomic E-state index is 0.0940. The van der Waals surface area contributed by atoms with Gasteiger partial charge in [0.1, 0.15) is 6.29 Å². The number of nitrogens with one attached hydrogen (secondary N) is 1. The van der Waals surface area contributed by atoms with E-state index in [0.29, 0.717) is 12.7 Å². The largest absolute Gasteiger partial charge is 0.349 e. The lowest BCUT2D eigenvalue weighted by Gasteiger charge is -2.22. The van der Waals surface area contributed by atoms with E-state index in [-0.39, 0.29) is 18.5 Å². The molecule has 0 aliphatic heterocycles. The molecule has 0 aromatic heterocycles. The highest BCUT2D eigenvalue weighted by Gasteiger charge is 2.11. The van der Waals surface area contributed by atoms with E-state index in [1.807, 2.05) is 18.9 Å². The van der Waals surface area contributed by atoms with Crippen molar-refractivity contribution in [3.05, 3.63) is 12.7 Å². The van der Waals surface area contributed by atoms with Crippen molar-refractivity contribution < 1.29 is 9.59 Å². The molecule has 0 saturated carbocycles. The van der Waals surface area contributed by atoms with Gasteiger partial charge in [0.25, 0.3) is 0 Å².